The van der Waals surface area contributed by atoms with E-state index in [-0.39, 0.29) is 11.0 Å². The fourth-order valence-electron chi connectivity index (χ4n) is 8.09. The number of nitrogens with zero attached hydrogens (tertiary/aromatic N) is 2. The second-order valence-corrected chi connectivity index (χ2v) is 11.9. The van der Waals surface area contributed by atoms with Crippen LogP contribution in [0.25, 0.3) is 6.08 Å². The molecule has 0 unspecified atom stereocenters. The molecule has 6 fully saturated rings. The third-order valence-corrected chi connectivity index (χ3v) is 9.46. The zero-order chi connectivity index (χ0) is 25.9. The van der Waals surface area contributed by atoms with Crippen molar-refractivity contribution in [2.45, 2.75) is 43.9 Å². The van der Waals surface area contributed by atoms with Gasteiger partial charge in [-0.15, -0.1) is 0 Å². The smallest absolute Gasteiger partial charge is 0.335 e. The Morgan fingerprint density at radius 1 is 0.789 bits per heavy atom. The van der Waals surface area contributed by atoms with Crippen LogP contribution < -0.4 is 15.1 Å². The van der Waals surface area contributed by atoms with Crippen molar-refractivity contribution >= 4 is 35.3 Å². The van der Waals surface area contributed by atoms with Crippen molar-refractivity contribution in [1.29, 1.82) is 0 Å². The molecule has 0 spiro atoms. The summed E-state index contributed by atoms with van der Waals surface area (Å²) < 4.78 is 5.42. The zero-order valence-electron chi connectivity index (χ0n) is 21.5. The van der Waals surface area contributed by atoms with E-state index in [0.717, 1.165) is 47.0 Å². The van der Waals surface area contributed by atoms with Gasteiger partial charge in [0.05, 0.1) is 18.9 Å². The van der Waals surface area contributed by atoms with E-state index in [4.69, 9.17) is 4.74 Å². The Kier molecular flexibility index (Phi) is 5.65. The van der Waals surface area contributed by atoms with Crippen LogP contribution in [-0.2, 0) is 19.7 Å². The Labute approximate surface area is 222 Å². The number of carbonyl (C=O) groups excluding carboxylic acids is 3. The third kappa shape index (κ3) is 4.04. The fourth-order valence-corrected chi connectivity index (χ4v) is 8.09. The van der Waals surface area contributed by atoms with Crippen molar-refractivity contribution < 1.29 is 19.1 Å². The molecule has 0 aromatic heterocycles. The van der Waals surface area contributed by atoms with Crippen molar-refractivity contribution in [3.8, 4) is 0 Å². The summed E-state index contributed by atoms with van der Waals surface area (Å²) in [7, 11) is 0. The van der Waals surface area contributed by atoms with Crippen LogP contribution in [0.15, 0.2) is 54.1 Å². The van der Waals surface area contributed by atoms with Crippen molar-refractivity contribution in [3.05, 3.63) is 65.2 Å². The molecule has 0 radical (unpaired) electrons. The highest BCUT2D eigenvalue weighted by Crippen LogP contribution is 2.60. The minimum Gasteiger partial charge on any atom is -0.378 e. The molecule has 4 saturated carbocycles. The summed E-state index contributed by atoms with van der Waals surface area (Å²) in [4.78, 5) is 42.2. The molecule has 1 N–H and O–H groups in total. The van der Waals surface area contributed by atoms with Gasteiger partial charge >= 0.3 is 6.03 Å². The first kappa shape index (κ1) is 23.7. The molecule has 7 heteroatoms. The fraction of sp³-hybridized carbons (Fsp3) is 0.452. The summed E-state index contributed by atoms with van der Waals surface area (Å²) in [5, 5.41) is 2.35. The van der Waals surface area contributed by atoms with Crippen LogP contribution in [-0.4, -0.2) is 44.1 Å². The lowest BCUT2D eigenvalue weighted by molar-refractivity contribution is -0.122. The maximum Gasteiger partial charge on any atom is 0.335 e. The predicted molar refractivity (Wildman–Crippen MR) is 145 cm³/mol. The van der Waals surface area contributed by atoms with Crippen LogP contribution in [0.4, 0.5) is 16.2 Å². The highest BCUT2D eigenvalue weighted by atomic mass is 16.5. The van der Waals surface area contributed by atoms with Gasteiger partial charge < -0.3 is 9.64 Å². The molecule has 4 amide bonds. The average molecular weight is 512 g/mol. The van der Waals surface area contributed by atoms with E-state index in [1.54, 1.807) is 6.08 Å². The predicted octanol–water partition coefficient (Wildman–Crippen LogP) is 4.66. The van der Waals surface area contributed by atoms with Gasteiger partial charge in [0.25, 0.3) is 11.8 Å². The first-order chi connectivity index (χ1) is 18.5. The third-order valence-electron chi connectivity index (χ3n) is 9.46. The number of morpholine rings is 1. The summed E-state index contributed by atoms with van der Waals surface area (Å²) in [5.74, 6) is 1.27. The molecule has 38 heavy (non-hydrogen) atoms. The monoisotopic (exact) mass is 511 g/mol. The largest absolute Gasteiger partial charge is 0.378 e. The molecule has 2 saturated heterocycles. The van der Waals surface area contributed by atoms with Crippen LogP contribution in [0.1, 0.15) is 49.7 Å². The minimum atomic E-state index is -0.706. The maximum atomic E-state index is 13.4. The van der Waals surface area contributed by atoms with E-state index in [1.165, 1.54) is 44.1 Å². The minimum absolute atomic E-state index is 0.0473. The van der Waals surface area contributed by atoms with Crippen LogP contribution in [0.3, 0.4) is 0 Å². The van der Waals surface area contributed by atoms with E-state index in [1.807, 2.05) is 36.4 Å². The number of rotatable bonds is 4. The van der Waals surface area contributed by atoms with Gasteiger partial charge in [-0.05, 0) is 103 Å². The number of barbiturate groups is 1. The van der Waals surface area contributed by atoms with E-state index in [9.17, 15) is 14.4 Å². The van der Waals surface area contributed by atoms with Gasteiger partial charge in [-0.3, -0.25) is 14.9 Å². The molecule has 4 bridgehead atoms. The summed E-state index contributed by atoms with van der Waals surface area (Å²) in [6.45, 7) is 3.07. The summed E-state index contributed by atoms with van der Waals surface area (Å²) in [5.41, 5.74) is 3.82. The topological polar surface area (TPSA) is 79.0 Å². The van der Waals surface area contributed by atoms with Gasteiger partial charge in [-0.1, -0.05) is 24.3 Å². The standard InChI is InChI=1S/C31H33N3O4/c35-28-27(16-20-1-5-25(6-2-20)33-9-11-38-12-10-33)29(36)34(30(37)32-28)26-7-3-24(4-8-26)31-17-21-13-22(18-31)15-23(14-21)19-31/h1-8,16,21-23H,9-15,17-19H2,(H,32,35,37). The Hall–Kier alpha value is -3.45. The van der Waals surface area contributed by atoms with Gasteiger partial charge in [0.2, 0.25) is 0 Å². The van der Waals surface area contributed by atoms with Gasteiger partial charge in [0.1, 0.15) is 5.57 Å². The van der Waals surface area contributed by atoms with Gasteiger partial charge in [0, 0.05) is 18.8 Å². The van der Waals surface area contributed by atoms with Crippen LogP contribution in [0.2, 0.25) is 0 Å². The summed E-state index contributed by atoms with van der Waals surface area (Å²) >= 11 is 0. The summed E-state index contributed by atoms with van der Waals surface area (Å²) in [6.07, 6.45) is 9.49. The lowest BCUT2D eigenvalue weighted by atomic mass is 9.48. The molecule has 0 atom stereocenters. The second kappa shape index (κ2) is 9.09. The quantitative estimate of drug-likeness (QED) is 0.477. The van der Waals surface area contributed by atoms with Crippen LogP contribution >= 0.6 is 0 Å². The number of hydrogen-bond acceptors (Lipinski definition) is 5. The van der Waals surface area contributed by atoms with Crippen LogP contribution in [0.5, 0.6) is 0 Å². The van der Waals surface area contributed by atoms with E-state index < -0.39 is 17.8 Å². The number of benzene rings is 2. The molecule has 4 aliphatic carbocycles. The number of amides is 4. The Morgan fingerprint density at radius 2 is 1.37 bits per heavy atom. The number of hydrogen-bond donors (Lipinski definition) is 1. The Bertz CT molecular complexity index is 1270. The Balaban J connectivity index is 1.12. The van der Waals surface area contributed by atoms with Crippen molar-refractivity contribution in [2.75, 3.05) is 36.1 Å². The lowest BCUT2D eigenvalue weighted by Crippen LogP contribution is -2.54. The number of carbonyl (C=O) groups is 3. The Morgan fingerprint density at radius 3 is 1.97 bits per heavy atom. The zero-order valence-corrected chi connectivity index (χ0v) is 21.5. The molecule has 7 nitrogen and oxygen atoms in total. The molecule has 2 aromatic rings. The normalized spacial score (nSPS) is 31.7. The number of nitrogens with one attached hydrogen (secondary N) is 1. The van der Waals surface area contributed by atoms with Crippen molar-refractivity contribution in [2.24, 2.45) is 17.8 Å². The molecular formula is C31H33N3O4. The molecule has 2 aliphatic heterocycles. The molecular weight excluding hydrogens is 478 g/mol. The number of ether oxygens (including phenoxy) is 1. The molecule has 8 rings (SSSR count). The van der Waals surface area contributed by atoms with Crippen molar-refractivity contribution in [3.63, 3.8) is 0 Å². The SMILES string of the molecule is O=C1NC(=O)N(c2ccc(C34CC5CC(CC(C5)C3)C4)cc2)C(=O)C1=Cc1ccc(N2CCOCC2)cc1. The number of imide groups is 2. The molecule has 6 aliphatic rings. The number of urea groups is 1. The highest BCUT2D eigenvalue weighted by Gasteiger charge is 2.51. The van der Waals surface area contributed by atoms with E-state index in [0.29, 0.717) is 18.9 Å². The number of anilines is 2. The molecule has 2 heterocycles. The first-order valence-corrected chi connectivity index (χ1v) is 13.9. The second-order valence-electron chi connectivity index (χ2n) is 11.9. The highest BCUT2D eigenvalue weighted by molar-refractivity contribution is 6.39. The van der Waals surface area contributed by atoms with Gasteiger partial charge in [-0.2, -0.15) is 0 Å². The van der Waals surface area contributed by atoms with Crippen LogP contribution in [0, 0.1) is 17.8 Å². The molecule has 196 valence electrons. The van der Waals surface area contributed by atoms with Gasteiger partial charge in [-0.25, -0.2) is 9.69 Å². The lowest BCUT2D eigenvalue weighted by Gasteiger charge is -2.57. The first-order valence-electron chi connectivity index (χ1n) is 13.9. The van der Waals surface area contributed by atoms with E-state index in [2.05, 4.69) is 22.3 Å². The summed E-state index contributed by atoms with van der Waals surface area (Å²) in [6, 6.07) is 15.0. The van der Waals surface area contributed by atoms with Gasteiger partial charge in [0.15, 0.2) is 0 Å². The average Bonchev–Trinajstić information content (AvgIpc) is 2.91. The maximum absolute atomic E-state index is 13.4. The molecule has 2 aromatic carbocycles. The van der Waals surface area contributed by atoms with E-state index >= 15 is 0 Å². The van der Waals surface area contributed by atoms with Crippen molar-refractivity contribution in [1.82, 2.24) is 5.32 Å².